The number of benzene rings is 1. The Hall–Kier alpha value is -1.84. The molecular formula is C13H15NO4S. The summed E-state index contributed by atoms with van der Waals surface area (Å²) in [5.74, 6) is 0.917. The van der Waals surface area contributed by atoms with Crippen molar-refractivity contribution in [3.63, 3.8) is 0 Å². The van der Waals surface area contributed by atoms with Crippen LogP contribution < -0.4 is 0 Å². The Bertz CT molecular complexity index is 629. The summed E-state index contributed by atoms with van der Waals surface area (Å²) in [7, 11) is -3.90. The van der Waals surface area contributed by atoms with Crippen molar-refractivity contribution >= 4 is 16.0 Å². The first-order valence-electron chi connectivity index (χ1n) is 5.51. The van der Waals surface area contributed by atoms with Crippen LogP contribution in [0.3, 0.4) is 0 Å². The predicted octanol–water partition coefficient (Wildman–Crippen LogP) is 1.01. The highest BCUT2D eigenvalue weighted by molar-refractivity contribution is 7.89. The minimum atomic E-state index is -3.90. The first-order chi connectivity index (χ1) is 8.78. The van der Waals surface area contributed by atoms with Gasteiger partial charge in [0.1, 0.15) is 6.54 Å². The van der Waals surface area contributed by atoms with Crippen molar-refractivity contribution < 1.29 is 18.3 Å². The van der Waals surface area contributed by atoms with E-state index in [1.807, 2.05) is 6.92 Å². The Morgan fingerprint density at radius 2 is 2.05 bits per heavy atom. The number of aliphatic carboxylic acids is 1. The van der Waals surface area contributed by atoms with E-state index in [4.69, 9.17) is 11.5 Å². The quantitative estimate of drug-likeness (QED) is 0.817. The maximum Gasteiger partial charge on any atom is 0.318 e. The van der Waals surface area contributed by atoms with Gasteiger partial charge in [-0.1, -0.05) is 23.6 Å². The van der Waals surface area contributed by atoms with Crippen LogP contribution in [0.25, 0.3) is 0 Å². The Balaban J connectivity index is 3.27. The van der Waals surface area contributed by atoms with E-state index in [9.17, 15) is 13.2 Å². The summed E-state index contributed by atoms with van der Waals surface area (Å²) in [6.45, 7) is 2.58. The van der Waals surface area contributed by atoms with Crippen molar-refractivity contribution in [3.05, 3.63) is 29.3 Å². The Kier molecular flexibility index (Phi) is 4.70. The van der Waals surface area contributed by atoms with E-state index in [2.05, 4.69) is 5.92 Å². The van der Waals surface area contributed by atoms with Gasteiger partial charge in [-0.3, -0.25) is 4.79 Å². The van der Waals surface area contributed by atoms with Gasteiger partial charge in [0.2, 0.25) is 10.0 Å². The molecule has 19 heavy (non-hydrogen) atoms. The second kappa shape index (κ2) is 5.87. The molecule has 0 fully saturated rings. The molecule has 102 valence electrons. The molecule has 0 unspecified atom stereocenters. The Morgan fingerprint density at radius 3 is 2.53 bits per heavy atom. The molecule has 0 aliphatic heterocycles. The van der Waals surface area contributed by atoms with Gasteiger partial charge in [0.15, 0.2) is 0 Å². The first-order valence-corrected chi connectivity index (χ1v) is 6.95. The van der Waals surface area contributed by atoms with Gasteiger partial charge < -0.3 is 5.11 Å². The number of hydrogen-bond donors (Lipinski definition) is 1. The van der Waals surface area contributed by atoms with Crippen LogP contribution in [0.2, 0.25) is 0 Å². The van der Waals surface area contributed by atoms with Crippen LogP contribution in [-0.2, 0) is 14.8 Å². The van der Waals surface area contributed by atoms with E-state index in [0.717, 1.165) is 9.87 Å². The van der Waals surface area contributed by atoms with Crippen molar-refractivity contribution in [1.82, 2.24) is 4.31 Å². The molecule has 0 saturated heterocycles. The molecule has 6 heteroatoms. The summed E-state index contributed by atoms with van der Waals surface area (Å²) >= 11 is 0. The number of nitrogens with zero attached hydrogens (tertiary/aromatic N) is 1. The zero-order chi connectivity index (χ0) is 14.6. The normalized spacial score (nSPS) is 11.3. The van der Waals surface area contributed by atoms with Gasteiger partial charge in [-0.05, 0) is 25.5 Å². The number of sulfonamides is 1. The fourth-order valence-corrected chi connectivity index (χ4v) is 3.22. The van der Waals surface area contributed by atoms with Gasteiger partial charge >= 0.3 is 5.97 Å². The minimum Gasteiger partial charge on any atom is -0.480 e. The van der Waals surface area contributed by atoms with Crippen molar-refractivity contribution in [2.24, 2.45) is 0 Å². The van der Waals surface area contributed by atoms with Gasteiger partial charge in [-0.15, -0.1) is 6.42 Å². The van der Waals surface area contributed by atoms with Crippen molar-refractivity contribution in [3.8, 4) is 12.3 Å². The smallest absolute Gasteiger partial charge is 0.318 e. The zero-order valence-electron chi connectivity index (χ0n) is 10.8. The number of carboxylic acids is 1. The van der Waals surface area contributed by atoms with Gasteiger partial charge in [-0.25, -0.2) is 8.42 Å². The average molecular weight is 281 g/mol. The fraction of sp³-hybridized carbons (Fsp3) is 0.308. The summed E-state index contributed by atoms with van der Waals surface area (Å²) in [4.78, 5) is 10.8. The molecule has 0 saturated carbocycles. The molecule has 1 rings (SSSR count). The number of aryl methyl sites for hydroxylation is 2. The maximum absolute atomic E-state index is 12.4. The molecule has 5 nitrogen and oxygen atoms in total. The highest BCUT2D eigenvalue weighted by Crippen LogP contribution is 2.20. The predicted molar refractivity (Wildman–Crippen MR) is 71.1 cm³/mol. The fourth-order valence-electron chi connectivity index (χ4n) is 1.71. The summed E-state index contributed by atoms with van der Waals surface area (Å²) in [5, 5.41) is 8.76. The third-order valence-electron chi connectivity index (χ3n) is 2.53. The lowest BCUT2D eigenvalue weighted by molar-refractivity contribution is -0.137. The number of hydrogen-bond acceptors (Lipinski definition) is 3. The van der Waals surface area contributed by atoms with E-state index in [1.165, 1.54) is 6.07 Å². The van der Waals surface area contributed by atoms with Crippen LogP contribution >= 0.6 is 0 Å². The first kappa shape index (κ1) is 15.2. The molecule has 0 amide bonds. The molecule has 1 aromatic rings. The third-order valence-corrected chi connectivity index (χ3v) is 4.48. The molecule has 1 aromatic carbocycles. The minimum absolute atomic E-state index is 0.0783. The van der Waals surface area contributed by atoms with Crippen LogP contribution in [-0.4, -0.2) is 36.9 Å². The molecule has 0 spiro atoms. The number of carboxylic acid groups (broad SMARTS) is 1. The van der Waals surface area contributed by atoms with Gasteiger partial charge in [-0.2, -0.15) is 4.31 Å². The van der Waals surface area contributed by atoms with Gasteiger partial charge in [0, 0.05) is 0 Å². The van der Waals surface area contributed by atoms with Crippen LogP contribution in [0, 0.1) is 26.2 Å². The third kappa shape index (κ3) is 3.56. The van der Waals surface area contributed by atoms with E-state index >= 15 is 0 Å². The van der Waals surface area contributed by atoms with E-state index in [-0.39, 0.29) is 11.4 Å². The molecule has 0 aromatic heterocycles. The summed E-state index contributed by atoms with van der Waals surface area (Å²) in [5.41, 5.74) is 1.49. The highest BCUT2D eigenvalue weighted by atomic mass is 32.2. The topological polar surface area (TPSA) is 74.7 Å². The molecule has 0 radical (unpaired) electrons. The lowest BCUT2D eigenvalue weighted by atomic mass is 10.2. The van der Waals surface area contributed by atoms with Gasteiger partial charge in [0.05, 0.1) is 11.4 Å². The van der Waals surface area contributed by atoms with Crippen molar-refractivity contribution in [1.29, 1.82) is 0 Å². The van der Waals surface area contributed by atoms with E-state index < -0.39 is 22.5 Å². The summed E-state index contributed by atoms with van der Waals surface area (Å²) in [6, 6.07) is 4.85. The second-order valence-electron chi connectivity index (χ2n) is 4.14. The molecule has 0 heterocycles. The summed E-state index contributed by atoms with van der Waals surface area (Å²) < 4.78 is 25.5. The SMILES string of the molecule is C#CCN(CC(=O)O)S(=O)(=O)c1ccc(C)cc1C. The van der Waals surface area contributed by atoms with Crippen LogP contribution in [0.4, 0.5) is 0 Å². The van der Waals surface area contributed by atoms with Crippen LogP contribution in [0.1, 0.15) is 11.1 Å². The van der Waals surface area contributed by atoms with E-state index in [1.54, 1.807) is 19.1 Å². The largest absolute Gasteiger partial charge is 0.480 e. The standard InChI is InChI=1S/C13H15NO4S/c1-4-7-14(9-13(15)16)19(17,18)12-6-5-10(2)8-11(12)3/h1,5-6,8H,7,9H2,2-3H3,(H,15,16). The van der Waals surface area contributed by atoms with Gasteiger partial charge in [0.25, 0.3) is 0 Å². The lowest BCUT2D eigenvalue weighted by Crippen LogP contribution is -2.36. The monoisotopic (exact) mass is 281 g/mol. The zero-order valence-corrected chi connectivity index (χ0v) is 11.6. The molecule has 0 bridgehead atoms. The maximum atomic E-state index is 12.4. The molecule has 1 N–H and O–H groups in total. The van der Waals surface area contributed by atoms with E-state index in [0.29, 0.717) is 5.56 Å². The molecule has 0 aliphatic carbocycles. The lowest BCUT2D eigenvalue weighted by Gasteiger charge is -2.19. The Labute approximate surface area is 112 Å². The average Bonchev–Trinajstić information content (AvgIpc) is 2.27. The summed E-state index contributed by atoms with van der Waals surface area (Å²) in [6.07, 6.45) is 5.09. The highest BCUT2D eigenvalue weighted by Gasteiger charge is 2.27. The van der Waals surface area contributed by atoms with Crippen LogP contribution in [0.5, 0.6) is 0 Å². The molecule has 0 aliphatic rings. The number of rotatable bonds is 5. The number of terminal acetylenes is 1. The van der Waals surface area contributed by atoms with Crippen molar-refractivity contribution in [2.75, 3.05) is 13.1 Å². The van der Waals surface area contributed by atoms with Crippen LogP contribution in [0.15, 0.2) is 23.1 Å². The Morgan fingerprint density at radius 1 is 1.42 bits per heavy atom. The van der Waals surface area contributed by atoms with Crippen molar-refractivity contribution in [2.45, 2.75) is 18.7 Å². The number of carbonyl (C=O) groups is 1. The molecular weight excluding hydrogens is 266 g/mol. The second-order valence-corrected chi connectivity index (χ2v) is 6.05. The molecule has 0 atom stereocenters.